The van der Waals surface area contributed by atoms with Gasteiger partial charge in [-0.1, -0.05) is 72.9 Å². The highest BCUT2D eigenvalue weighted by Gasteiger charge is 2.06. The van der Waals surface area contributed by atoms with Gasteiger partial charge in [0, 0.05) is 26.7 Å². The van der Waals surface area contributed by atoms with Crippen LogP contribution in [0.3, 0.4) is 0 Å². The minimum absolute atomic E-state index is 0.131. The summed E-state index contributed by atoms with van der Waals surface area (Å²) < 4.78 is 0. The lowest BCUT2D eigenvalue weighted by Crippen LogP contribution is -2.13. The van der Waals surface area contributed by atoms with Crippen LogP contribution in [0.25, 0.3) is 22.5 Å². The topological polar surface area (TPSA) is 71.5 Å². The number of hydrogen-bond donors (Lipinski definition) is 1. The minimum Gasteiger partial charge on any atom is -0.268 e. The van der Waals surface area contributed by atoms with Crippen LogP contribution in [0.2, 0.25) is 15.2 Å². The van der Waals surface area contributed by atoms with Crippen LogP contribution < -0.4 is 5.56 Å². The molecule has 1 N–H and O–H groups in total. The van der Waals surface area contributed by atoms with Crippen LogP contribution in [0, 0.1) is 0 Å². The third-order valence-electron chi connectivity index (χ3n) is 4.70. The molecule has 0 aliphatic heterocycles. The predicted molar refractivity (Wildman–Crippen MR) is 132 cm³/mol. The highest BCUT2D eigenvalue weighted by molar-refractivity contribution is 6.31. The van der Waals surface area contributed by atoms with Crippen LogP contribution in [-0.4, -0.2) is 20.4 Å². The molecule has 0 saturated carbocycles. The zero-order valence-corrected chi connectivity index (χ0v) is 19.8. The molecule has 0 fully saturated rings. The lowest BCUT2D eigenvalue weighted by molar-refractivity contribution is 0.944. The zero-order valence-electron chi connectivity index (χ0n) is 17.6. The van der Waals surface area contributed by atoms with Gasteiger partial charge >= 0.3 is 0 Å². The average molecular weight is 488 g/mol. The summed E-state index contributed by atoms with van der Waals surface area (Å²) in [5.74, 6) is 0. The Morgan fingerprint density at radius 3 is 1.88 bits per heavy atom. The van der Waals surface area contributed by atoms with E-state index in [1.54, 1.807) is 12.1 Å². The summed E-state index contributed by atoms with van der Waals surface area (Å²) in [5.41, 5.74) is 4.97. The largest absolute Gasteiger partial charge is 0.268 e. The second kappa shape index (κ2) is 11.2. The normalized spacial score (nSPS) is 10.4. The second-order valence-corrected chi connectivity index (χ2v) is 8.11. The number of halogens is 3. The van der Waals surface area contributed by atoms with Crippen molar-refractivity contribution >= 4 is 34.8 Å². The number of H-pyrrole nitrogens is 1. The molecule has 0 atom stereocenters. The van der Waals surface area contributed by atoms with E-state index in [-0.39, 0.29) is 5.56 Å². The van der Waals surface area contributed by atoms with Gasteiger partial charge in [0.1, 0.15) is 0 Å². The third-order valence-corrected chi connectivity index (χ3v) is 5.49. The van der Waals surface area contributed by atoms with E-state index < -0.39 is 0 Å². The molecule has 0 aliphatic rings. The van der Waals surface area contributed by atoms with Crippen LogP contribution >= 0.6 is 34.8 Å². The second-order valence-electron chi connectivity index (χ2n) is 6.88. The maximum absolute atomic E-state index is 11.4. The lowest BCUT2D eigenvalue weighted by Gasteiger charge is -2.04. The summed E-state index contributed by atoms with van der Waals surface area (Å²) in [7, 11) is 0. The van der Waals surface area contributed by atoms with Gasteiger partial charge in [-0.15, -0.1) is 10.2 Å². The number of nitrogens with one attached hydrogen (secondary N) is 1. The summed E-state index contributed by atoms with van der Waals surface area (Å²) in [6.07, 6.45) is 1.52. The Labute approximate surface area is 201 Å². The molecule has 2 heterocycles. The van der Waals surface area contributed by atoms with E-state index in [0.717, 1.165) is 40.1 Å². The van der Waals surface area contributed by atoms with E-state index >= 15 is 0 Å². The molecule has 8 heteroatoms. The first-order valence-electron chi connectivity index (χ1n) is 10.0. The number of nitrogens with zero attached hydrogens (tertiary/aromatic N) is 3. The molecular weight excluding hydrogens is 467 g/mol. The molecule has 4 rings (SSSR count). The fourth-order valence-corrected chi connectivity index (χ4v) is 3.56. The number of benzene rings is 2. The summed E-state index contributed by atoms with van der Waals surface area (Å²) in [6, 6.07) is 18.7. The number of rotatable bonds is 4. The van der Waals surface area contributed by atoms with Crippen molar-refractivity contribution in [1.82, 2.24) is 20.4 Å². The molecule has 0 amide bonds. The van der Waals surface area contributed by atoms with E-state index in [0.29, 0.717) is 21.6 Å². The van der Waals surface area contributed by atoms with E-state index in [4.69, 9.17) is 34.8 Å². The molecule has 0 saturated heterocycles. The van der Waals surface area contributed by atoms with Crippen LogP contribution in [0.5, 0.6) is 0 Å². The number of aromatic nitrogens is 4. The van der Waals surface area contributed by atoms with Gasteiger partial charge in [-0.2, -0.15) is 5.10 Å². The predicted octanol–water partition coefficient (Wildman–Crippen LogP) is 6.67. The first kappa shape index (κ1) is 23.9. The maximum Gasteiger partial charge on any atom is 0.267 e. The molecule has 0 radical (unpaired) electrons. The van der Waals surface area contributed by atoms with Crippen LogP contribution in [-0.2, 0) is 12.8 Å². The molecule has 164 valence electrons. The molecule has 0 unspecified atom stereocenters. The van der Waals surface area contributed by atoms with Crippen molar-refractivity contribution < 1.29 is 0 Å². The first-order chi connectivity index (χ1) is 15.4. The Morgan fingerprint density at radius 2 is 1.31 bits per heavy atom. The third kappa shape index (κ3) is 6.16. The Morgan fingerprint density at radius 1 is 0.750 bits per heavy atom. The van der Waals surface area contributed by atoms with E-state index in [2.05, 4.69) is 20.4 Å². The van der Waals surface area contributed by atoms with Gasteiger partial charge in [-0.25, -0.2) is 5.10 Å². The van der Waals surface area contributed by atoms with Crippen molar-refractivity contribution in [3.63, 3.8) is 0 Å². The van der Waals surface area contributed by atoms with Crippen LogP contribution in [0.15, 0.2) is 65.5 Å². The summed E-state index contributed by atoms with van der Waals surface area (Å²) in [6.45, 7) is 3.97. The molecular formula is C24H21Cl3N4O. The van der Waals surface area contributed by atoms with Gasteiger partial charge in [-0.3, -0.25) is 4.79 Å². The Bertz CT molecular complexity index is 1270. The molecule has 0 spiro atoms. The highest BCUT2D eigenvalue weighted by Crippen LogP contribution is 2.23. The van der Waals surface area contributed by atoms with Crippen molar-refractivity contribution in [3.8, 4) is 22.5 Å². The number of hydrogen-bond acceptors (Lipinski definition) is 4. The van der Waals surface area contributed by atoms with Crippen molar-refractivity contribution in [2.24, 2.45) is 0 Å². The van der Waals surface area contributed by atoms with Gasteiger partial charge in [0.05, 0.1) is 11.4 Å². The standard InChI is InChI=1S/C12H10Cl2N2.C12H11ClN2O/c1-2-8-7-11(15-16-12(8)14)9-4-3-5-10(13)6-9;1-2-8-7-11(14-15-12(8)16)9-4-3-5-10(13)6-9/h3-7H,2H2,1H3;3-7H,2H2,1H3,(H,15,16). The lowest BCUT2D eigenvalue weighted by atomic mass is 10.1. The quantitative estimate of drug-likeness (QED) is 0.349. The van der Waals surface area contributed by atoms with Crippen molar-refractivity contribution in [2.45, 2.75) is 26.7 Å². The molecule has 0 bridgehead atoms. The first-order valence-corrected chi connectivity index (χ1v) is 11.2. The van der Waals surface area contributed by atoms with E-state index in [1.165, 1.54) is 0 Å². The Balaban J connectivity index is 0.000000181. The molecule has 2 aromatic carbocycles. The van der Waals surface area contributed by atoms with Crippen molar-refractivity contribution in [1.29, 1.82) is 0 Å². The van der Waals surface area contributed by atoms with Crippen molar-refractivity contribution in [2.75, 3.05) is 0 Å². The SMILES string of the molecule is CCc1cc(-c2cccc(Cl)c2)n[nH]c1=O.CCc1cc(-c2cccc(Cl)c2)nnc1Cl. The number of aryl methyl sites for hydroxylation is 2. The zero-order chi connectivity index (χ0) is 23.1. The Kier molecular flexibility index (Phi) is 8.39. The Hall–Kier alpha value is -2.73. The van der Waals surface area contributed by atoms with E-state index in [9.17, 15) is 4.79 Å². The fourth-order valence-electron chi connectivity index (χ4n) is 2.96. The average Bonchev–Trinajstić information content (AvgIpc) is 2.80. The van der Waals surface area contributed by atoms with Crippen molar-refractivity contribution in [3.05, 3.63) is 97.3 Å². The smallest absolute Gasteiger partial charge is 0.267 e. The fraction of sp³-hybridized carbons (Fsp3) is 0.167. The summed E-state index contributed by atoms with van der Waals surface area (Å²) in [4.78, 5) is 11.4. The highest BCUT2D eigenvalue weighted by atomic mass is 35.5. The van der Waals surface area contributed by atoms with Crippen LogP contribution in [0.4, 0.5) is 0 Å². The van der Waals surface area contributed by atoms with E-state index in [1.807, 2.05) is 62.4 Å². The molecule has 5 nitrogen and oxygen atoms in total. The minimum atomic E-state index is -0.131. The summed E-state index contributed by atoms with van der Waals surface area (Å²) in [5, 5.41) is 16.3. The van der Waals surface area contributed by atoms with Gasteiger partial charge in [0.2, 0.25) is 0 Å². The summed E-state index contributed by atoms with van der Waals surface area (Å²) >= 11 is 17.7. The van der Waals surface area contributed by atoms with Gasteiger partial charge in [0.15, 0.2) is 5.15 Å². The monoisotopic (exact) mass is 486 g/mol. The molecule has 2 aromatic heterocycles. The van der Waals surface area contributed by atoms with Gasteiger partial charge in [0.25, 0.3) is 5.56 Å². The molecule has 4 aromatic rings. The molecule has 0 aliphatic carbocycles. The molecule has 32 heavy (non-hydrogen) atoms. The number of aromatic amines is 1. The maximum atomic E-state index is 11.4. The van der Waals surface area contributed by atoms with Crippen LogP contribution in [0.1, 0.15) is 25.0 Å². The van der Waals surface area contributed by atoms with Gasteiger partial charge in [-0.05, 0) is 54.8 Å². The van der Waals surface area contributed by atoms with Gasteiger partial charge < -0.3 is 0 Å².